The Morgan fingerprint density at radius 1 is 1.53 bits per heavy atom. The monoisotopic (exact) mass is 298 g/mol. The van der Waals surface area contributed by atoms with Gasteiger partial charge in [0.15, 0.2) is 0 Å². The maximum atomic E-state index is 10.4. The van der Waals surface area contributed by atoms with Gasteiger partial charge in [-0.25, -0.2) is 0 Å². The highest BCUT2D eigenvalue weighted by molar-refractivity contribution is 9.10. The zero-order valence-electron chi connectivity index (χ0n) is 10.1. The Morgan fingerprint density at radius 3 is 2.76 bits per heavy atom. The molecule has 0 bridgehead atoms. The Bertz CT molecular complexity index is 532. The lowest BCUT2D eigenvalue weighted by molar-refractivity contribution is 0.197. The van der Waals surface area contributed by atoms with E-state index in [1.165, 1.54) is 0 Å². The number of aromatic nitrogens is 4. The molecule has 0 fully saturated rings. The average Bonchev–Trinajstić information content (AvgIpc) is 2.80. The van der Waals surface area contributed by atoms with Gasteiger partial charge in [0.2, 0.25) is 0 Å². The molecule has 6 heteroatoms. The van der Waals surface area contributed by atoms with Crippen LogP contribution in [0.3, 0.4) is 0 Å². The van der Waals surface area contributed by atoms with E-state index in [9.17, 15) is 5.11 Å². The van der Waals surface area contributed by atoms with E-state index in [1.54, 1.807) is 15.6 Å². The smallest absolute Gasteiger partial charge is 0.138 e. The Labute approximate surface area is 108 Å². The lowest BCUT2D eigenvalue weighted by Gasteiger charge is -2.13. The Balaban J connectivity index is 2.46. The number of rotatable bonds is 3. The minimum atomic E-state index is -0.724. The van der Waals surface area contributed by atoms with Gasteiger partial charge in [-0.1, -0.05) is 0 Å². The first-order valence-corrected chi connectivity index (χ1v) is 6.23. The van der Waals surface area contributed by atoms with Crippen LogP contribution in [0, 0.1) is 6.92 Å². The summed E-state index contributed by atoms with van der Waals surface area (Å²) < 4.78 is 4.28. The molecule has 0 saturated heterocycles. The standard InChI is InChI=1S/C11H15BrN4O/c1-4-16-10(8(12)6-13-16)11(17)9-5-7(2)14-15(9)3/h5-6,11,17H,4H2,1-3H3. The second kappa shape index (κ2) is 4.62. The van der Waals surface area contributed by atoms with E-state index in [0.717, 1.165) is 28.1 Å². The van der Waals surface area contributed by atoms with Gasteiger partial charge in [0.25, 0.3) is 0 Å². The summed E-state index contributed by atoms with van der Waals surface area (Å²) in [6, 6.07) is 1.88. The number of halogens is 1. The van der Waals surface area contributed by atoms with Gasteiger partial charge in [0.1, 0.15) is 6.10 Å². The van der Waals surface area contributed by atoms with Crippen LogP contribution in [-0.4, -0.2) is 24.7 Å². The summed E-state index contributed by atoms with van der Waals surface area (Å²) in [5, 5.41) is 18.9. The molecule has 2 aromatic rings. The number of aliphatic hydroxyl groups is 1. The van der Waals surface area contributed by atoms with Gasteiger partial charge < -0.3 is 5.11 Å². The number of hydrogen-bond acceptors (Lipinski definition) is 3. The lowest BCUT2D eigenvalue weighted by Crippen LogP contribution is -2.12. The van der Waals surface area contributed by atoms with E-state index < -0.39 is 6.10 Å². The van der Waals surface area contributed by atoms with Crippen LogP contribution in [0.2, 0.25) is 0 Å². The molecule has 0 radical (unpaired) electrons. The molecule has 1 N–H and O–H groups in total. The summed E-state index contributed by atoms with van der Waals surface area (Å²) in [5.74, 6) is 0. The topological polar surface area (TPSA) is 55.9 Å². The van der Waals surface area contributed by atoms with E-state index in [1.807, 2.05) is 27.0 Å². The van der Waals surface area contributed by atoms with E-state index in [4.69, 9.17) is 0 Å². The highest BCUT2D eigenvalue weighted by atomic mass is 79.9. The Hall–Kier alpha value is -1.14. The van der Waals surface area contributed by atoms with Crippen molar-refractivity contribution in [2.45, 2.75) is 26.5 Å². The number of aryl methyl sites for hydroxylation is 3. The SMILES string of the molecule is CCn1ncc(Br)c1C(O)c1cc(C)nn1C. The quantitative estimate of drug-likeness (QED) is 0.940. The third-order valence-electron chi connectivity index (χ3n) is 2.71. The van der Waals surface area contributed by atoms with Crippen molar-refractivity contribution in [3.05, 3.63) is 33.8 Å². The molecule has 92 valence electrons. The van der Waals surface area contributed by atoms with Crippen molar-refractivity contribution in [1.82, 2.24) is 19.6 Å². The Morgan fingerprint density at radius 2 is 2.24 bits per heavy atom. The van der Waals surface area contributed by atoms with Gasteiger partial charge in [-0.3, -0.25) is 9.36 Å². The summed E-state index contributed by atoms with van der Waals surface area (Å²) >= 11 is 3.41. The molecule has 0 spiro atoms. The fourth-order valence-corrected chi connectivity index (χ4v) is 2.44. The molecule has 2 rings (SSSR count). The highest BCUT2D eigenvalue weighted by Gasteiger charge is 2.22. The lowest BCUT2D eigenvalue weighted by atomic mass is 10.2. The molecule has 5 nitrogen and oxygen atoms in total. The van der Waals surface area contributed by atoms with Gasteiger partial charge in [-0.2, -0.15) is 10.2 Å². The average molecular weight is 299 g/mol. The number of nitrogens with zero attached hydrogens (tertiary/aromatic N) is 4. The zero-order chi connectivity index (χ0) is 12.6. The second-order valence-corrected chi connectivity index (χ2v) is 4.78. The molecule has 0 saturated carbocycles. The van der Waals surface area contributed by atoms with Crippen LogP contribution in [0.15, 0.2) is 16.7 Å². The van der Waals surface area contributed by atoms with Crippen LogP contribution in [0.4, 0.5) is 0 Å². The second-order valence-electron chi connectivity index (χ2n) is 3.93. The fraction of sp³-hybridized carbons (Fsp3) is 0.455. The summed E-state index contributed by atoms with van der Waals surface area (Å²) in [5.41, 5.74) is 2.41. The molecule has 0 aromatic carbocycles. The normalized spacial score (nSPS) is 13.0. The predicted octanol–water partition coefficient (Wildman–Crippen LogP) is 1.79. The minimum Gasteiger partial charge on any atom is -0.380 e. The molecular weight excluding hydrogens is 284 g/mol. The molecule has 2 heterocycles. The molecule has 0 aliphatic rings. The van der Waals surface area contributed by atoms with Crippen molar-refractivity contribution in [2.75, 3.05) is 0 Å². The number of aliphatic hydroxyl groups excluding tert-OH is 1. The van der Waals surface area contributed by atoms with Crippen LogP contribution >= 0.6 is 15.9 Å². The van der Waals surface area contributed by atoms with Gasteiger partial charge in [0.05, 0.1) is 27.8 Å². The van der Waals surface area contributed by atoms with Crippen LogP contribution in [-0.2, 0) is 13.6 Å². The first-order valence-electron chi connectivity index (χ1n) is 5.44. The van der Waals surface area contributed by atoms with E-state index in [2.05, 4.69) is 26.1 Å². The third-order valence-corrected chi connectivity index (χ3v) is 3.32. The molecule has 0 amide bonds. The Kier molecular flexibility index (Phi) is 3.35. The van der Waals surface area contributed by atoms with Crippen molar-refractivity contribution in [3.63, 3.8) is 0 Å². The van der Waals surface area contributed by atoms with Crippen molar-refractivity contribution >= 4 is 15.9 Å². The van der Waals surface area contributed by atoms with E-state index in [-0.39, 0.29) is 0 Å². The fourth-order valence-electron chi connectivity index (χ4n) is 1.92. The van der Waals surface area contributed by atoms with E-state index >= 15 is 0 Å². The zero-order valence-corrected chi connectivity index (χ0v) is 11.6. The highest BCUT2D eigenvalue weighted by Crippen LogP contribution is 2.28. The summed E-state index contributed by atoms with van der Waals surface area (Å²) in [7, 11) is 1.83. The van der Waals surface area contributed by atoms with Gasteiger partial charge in [0, 0.05) is 13.6 Å². The van der Waals surface area contributed by atoms with Gasteiger partial charge in [-0.15, -0.1) is 0 Å². The van der Waals surface area contributed by atoms with Gasteiger partial charge in [-0.05, 0) is 35.8 Å². The maximum Gasteiger partial charge on any atom is 0.138 e. The third kappa shape index (κ3) is 2.14. The van der Waals surface area contributed by atoms with Crippen LogP contribution < -0.4 is 0 Å². The maximum absolute atomic E-state index is 10.4. The molecule has 0 aliphatic heterocycles. The summed E-state index contributed by atoms with van der Waals surface area (Å²) in [6.45, 7) is 4.61. The first kappa shape index (κ1) is 12.3. The largest absolute Gasteiger partial charge is 0.380 e. The van der Waals surface area contributed by atoms with Crippen LogP contribution in [0.25, 0.3) is 0 Å². The van der Waals surface area contributed by atoms with Crippen LogP contribution in [0.5, 0.6) is 0 Å². The number of hydrogen-bond donors (Lipinski definition) is 1. The van der Waals surface area contributed by atoms with Crippen molar-refractivity contribution in [3.8, 4) is 0 Å². The van der Waals surface area contributed by atoms with Crippen molar-refractivity contribution < 1.29 is 5.11 Å². The summed E-state index contributed by atoms with van der Waals surface area (Å²) in [4.78, 5) is 0. The molecule has 0 aliphatic carbocycles. The first-order chi connectivity index (χ1) is 8.04. The van der Waals surface area contributed by atoms with Crippen LogP contribution in [0.1, 0.15) is 30.1 Å². The van der Waals surface area contributed by atoms with Crippen molar-refractivity contribution in [2.24, 2.45) is 7.05 Å². The molecule has 2 aromatic heterocycles. The minimum absolute atomic E-state index is 0.717. The molecule has 1 atom stereocenters. The molecular formula is C11H15BrN4O. The predicted molar refractivity (Wildman–Crippen MR) is 67.6 cm³/mol. The van der Waals surface area contributed by atoms with Crippen molar-refractivity contribution in [1.29, 1.82) is 0 Å². The molecule has 17 heavy (non-hydrogen) atoms. The molecule has 1 unspecified atom stereocenters. The van der Waals surface area contributed by atoms with Gasteiger partial charge >= 0.3 is 0 Å². The van der Waals surface area contributed by atoms with E-state index in [0.29, 0.717) is 0 Å². The summed E-state index contributed by atoms with van der Waals surface area (Å²) in [6.07, 6.45) is 0.976.